The van der Waals surface area contributed by atoms with E-state index < -0.39 is 0 Å². The maximum atomic E-state index is 11.2. The van der Waals surface area contributed by atoms with Gasteiger partial charge in [0.2, 0.25) is 5.91 Å². The largest absolute Gasteiger partial charge is 0.396 e. The Bertz CT molecular complexity index is 193. The molecule has 1 aliphatic rings. The Hall–Kier alpha value is -0.610. The van der Waals surface area contributed by atoms with Crippen LogP contribution in [0.4, 0.5) is 0 Å². The zero-order valence-electron chi connectivity index (χ0n) is 10.0. The second kappa shape index (κ2) is 8.53. The van der Waals surface area contributed by atoms with E-state index in [-0.39, 0.29) is 5.91 Å². The van der Waals surface area contributed by atoms with Crippen LogP contribution in [0.3, 0.4) is 0 Å². The number of carbonyl (C=O) groups is 1. The molecule has 0 unspecified atom stereocenters. The van der Waals surface area contributed by atoms with Crippen molar-refractivity contribution in [3.8, 4) is 0 Å². The summed E-state index contributed by atoms with van der Waals surface area (Å²) in [6, 6.07) is 0. The third-order valence-corrected chi connectivity index (χ3v) is 2.81. The smallest absolute Gasteiger partial charge is 0.223 e. The molecule has 4 nitrogen and oxygen atoms in total. The van der Waals surface area contributed by atoms with Crippen molar-refractivity contribution >= 4 is 5.91 Å². The number of carbonyl (C=O) groups excluding carboxylic acids is 1. The van der Waals surface area contributed by atoms with Gasteiger partial charge < -0.3 is 15.7 Å². The maximum absolute atomic E-state index is 11.2. The van der Waals surface area contributed by atoms with Crippen molar-refractivity contribution in [1.82, 2.24) is 10.6 Å². The second-order valence-electron chi connectivity index (χ2n) is 4.45. The minimum Gasteiger partial charge on any atom is -0.396 e. The molecule has 0 saturated heterocycles. The van der Waals surface area contributed by atoms with Crippen LogP contribution in [0, 0.1) is 5.92 Å². The minimum atomic E-state index is 0.227. The molecule has 1 fully saturated rings. The van der Waals surface area contributed by atoms with Gasteiger partial charge in [0.25, 0.3) is 0 Å². The van der Waals surface area contributed by atoms with E-state index in [0.717, 1.165) is 51.7 Å². The fourth-order valence-electron chi connectivity index (χ4n) is 1.60. The first kappa shape index (κ1) is 13.5. The molecule has 0 aromatic rings. The fraction of sp³-hybridized carbons (Fsp3) is 0.917. The lowest BCUT2D eigenvalue weighted by Crippen LogP contribution is -2.33. The highest BCUT2D eigenvalue weighted by atomic mass is 16.2. The average molecular weight is 228 g/mol. The molecular weight excluding hydrogens is 204 g/mol. The predicted molar refractivity (Wildman–Crippen MR) is 64.2 cm³/mol. The highest BCUT2D eigenvalue weighted by Crippen LogP contribution is 2.28. The number of nitrogens with one attached hydrogen (secondary N) is 2. The van der Waals surface area contributed by atoms with Gasteiger partial charge in [-0.2, -0.15) is 0 Å². The molecule has 0 spiro atoms. The van der Waals surface area contributed by atoms with Gasteiger partial charge in [0, 0.05) is 25.6 Å². The Morgan fingerprint density at radius 2 is 1.81 bits per heavy atom. The number of hydrogen-bond donors (Lipinski definition) is 3. The predicted octanol–water partition coefficient (Wildman–Crippen LogP) is 0.655. The summed E-state index contributed by atoms with van der Waals surface area (Å²) in [5.41, 5.74) is 0. The van der Waals surface area contributed by atoms with Gasteiger partial charge in [0.05, 0.1) is 0 Å². The third-order valence-electron chi connectivity index (χ3n) is 2.81. The molecule has 0 atom stereocenters. The Morgan fingerprint density at radius 1 is 1.06 bits per heavy atom. The van der Waals surface area contributed by atoms with E-state index in [9.17, 15) is 4.79 Å². The molecule has 1 aliphatic carbocycles. The molecule has 0 aromatic carbocycles. The number of aliphatic hydroxyl groups excluding tert-OH is 1. The van der Waals surface area contributed by atoms with Gasteiger partial charge in [-0.25, -0.2) is 0 Å². The zero-order valence-corrected chi connectivity index (χ0v) is 10.0. The van der Waals surface area contributed by atoms with Crippen molar-refractivity contribution in [1.29, 1.82) is 0 Å². The van der Waals surface area contributed by atoms with Crippen LogP contribution < -0.4 is 10.6 Å². The Kier molecular flexibility index (Phi) is 7.17. The first-order chi connectivity index (χ1) is 7.84. The van der Waals surface area contributed by atoms with Gasteiger partial charge in [-0.15, -0.1) is 0 Å². The Morgan fingerprint density at radius 3 is 2.50 bits per heavy atom. The summed E-state index contributed by atoms with van der Waals surface area (Å²) in [4.78, 5) is 11.2. The molecule has 0 radical (unpaired) electrons. The molecule has 1 amide bonds. The Balaban J connectivity index is 1.72. The summed E-state index contributed by atoms with van der Waals surface area (Å²) in [7, 11) is 0. The van der Waals surface area contributed by atoms with Crippen molar-refractivity contribution in [2.24, 2.45) is 5.92 Å². The molecule has 16 heavy (non-hydrogen) atoms. The normalized spacial score (nSPS) is 15.1. The van der Waals surface area contributed by atoms with Crippen LogP contribution in [0.2, 0.25) is 0 Å². The summed E-state index contributed by atoms with van der Waals surface area (Å²) in [5.74, 6) is 0.545. The SMILES string of the molecule is O=C(NCCNCCCCCCO)C1CC1. The van der Waals surface area contributed by atoms with Crippen molar-refractivity contribution in [3.05, 3.63) is 0 Å². The van der Waals surface area contributed by atoms with E-state index in [1.165, 1.54) is 6.42 Å². The number of unbranched alkanes of at least 4 members (excludes halogenated alkanes) is 3. The van der Waals surface area contributed by atoms with Gasteiger partial charge >= 0.3 is 0 Å². The fourth-order valence-corrected chi connectivity index (χ4v) is 1.60. The molecule has 0 heterocycles. The van der Waals surface area contributed by atoms with E-state index in [1.54, 1.807) is 0 Å². The van der Waals surface area contributed by atoms with Crippen LogP contribution in [-0.4, -0.2) is 37.3 Å². The highest BCUT2D eigenvalue weighted by Gasteiger charge is 2.28. The quantitative estimate of drug-likeness (QED) is 0.481. The molecule has 4 heteroatoms. The van der Waals surface area contributed by atoms with E-state index >= 15 is 0 Å². The molecular formula is C12H24N2O2. The highest BCUT2D eigenvalue weighted by molar-refractivity contribution is 5.80. The molecule has 0 aromatic heterocycles. The molecule has 0 aliphatic heterocycles. The van der Waals surface area contributed by atoms with Crippen LogP contribution >= 0.6 is 0 Å². The second-order valence-corrected chi connectivity index (χ2v) is 4.45. The molecule has 94 valence electrons. The number of aliphatic hydroxyl groups is 1. The number of amides is 1. The summed E-state index contributed by atoms with van der Waals surface area (Å²) >= 11 is 0. The van der Waals surface area contributed by atoms with Crippen molar-refractivity contribution < 1.29 is 9.90 Å². The lowest BCUT2D eigenvalue weighted by Gasteiger charge is -2.06. The van der Waals surface area contributed by atoms with Crippen LogP contribution in [-0.2, 0) is 4.79 Å². The monoisotopic (exact) mass is 228 g/mol. The molecule has 1 saturated carbocycles. The first-order valence-corrected chi connectivity index (χ1v) is 6.44. The summed E-state index contributed by atoms with van der Waals surface area (Å²) in [6.45, 7) is 2.91. The zero-order chi connectivity index (χ0) is 11.6. The molecule has 0 bridgehead atoms. The van der Waals surface area contributed by atoms with Crippen molar-refractivity contribution in [2.45, 2.75) is 38.5 Å². The molecule has 1 rings (SSSR count). The van der Waals surface area contributed by atoms with Crippen LogP contribution in [0.25, 0.3) is 0 Å². The standard InChI is InChI=1S/C12H24N2O2/c15-10-4-2-1-3-7-13-8-9-14-12(16)11-5-6-11/h11,13,15H,1-10H2,(H,14,16). The van der Waals surface area contributed by atoms with Crippen LogP contribution in [0.15, 0.2) is 0 Å². The van der Waals surface area contributed by atoms with Gasteiger partial charge in [0.15, 0.2) is 0 Å². The van der Waals surface area contributed by atoms with Crippen LogP contribution in [0.5, 0.6) is 0 Å². The third kappa shape index (κ3) is 6.80. The van der Waals surface area contributed by atoms with E-state index in [0.29, 0.717) is 12.5 Å². The number of rotatable bonds is 10. The topological polar surface area (TPSA) is 61.4 Å². The first-order valence-electron chi connectivity index (χ1n) is 6.44. The van der Waals surface area contributed by atoms with E-state index in [4.69, 9.17) is 5.11 Å². The van der Waals surface area contributed by atoms with E-state index in [2.05, 4.69) is 10.6 Å². The van der Waals surface area contributed by atoms with Gasteiger partial charge in [-0.05, 0) is 32.2 Å². The van der Waals surface area contributed by atoms with Crippen LogP contribution in [0.1, 0.15) is 38.5 Å². The summed E-state index contributed by atoms with van der Waals surface area (Å²) in [5, 5.41) is 14.8. The lowest BCUT2D eigenvalue weighted by atomic mass is 10.2. The van der Waals surface area contributed by atoms with Gasteiger partial charge in [-0.1, -0.05) is 12.8 Å². The van der Waals surface area contributed by atoms with Crippen molar-refractivity contribution in [2.75, 3.05) is 26.2 Å². The van der Waals surface area contributed by atoms with Gasteiger partial charge in [0.1, 0.15) is 0 Å². The Labute approximate surface area is 97.8 Å². The van der Waals surface area contributed by atoms with Crippen molar-refractivity contribution in [3.63, 3.8) is 0 Å². The average Bonchev–Trinajstić information content (AvgIpc) is 3.10. The minimum absolute atomic E-state index is 0.227. The summed E-state index contributed by atoms with van der Waals surface area (Å²) < 4.78 is 0. The van der Waals surface area contributed by atoms with Gasteiger partial charge in [-0.3, -0.25) is 4.79 Å². The van der Waals surface area contributed by atoms with E-state index in [1.807, 2.05) is 0 Å². The molecule has 3 N–H and O–H groups in total. The maximum Gasteiger partial charge on any atom is 0.223 e. The number of hydrogen-bond acceptors (Lipinski definition) is 3. The lowest BCUT2D eigenvalue weighted by molar-refractivity contribution is -0.122. The summed E-state index contributed by atoms with van der Waals surface area (Å²) in [6.07, 6.45) is 6.49.